The SMILES string of the molecule is O=C(c1ccoc1)N1CCC(Nc2ccc(F)cc2[N+](=O)[O-])CC1. The second kappa shape index (κ2) is 6.69. The quantitative estimate of drug-likeness (QED) is 0.686. The van der Waals surface area contributed by atoms with Crippen LogP contribution < -0.4 is 5.32 Å². The number of nitrogens with zero attached hydrogens (tertiary/aromatic N) is 2. The molecule has 8 heteroatoms. The van der Waals surface area contributed by atoms with Crippen molar-refractivity contribution < 1.29 is 18.5 Å². The molecule has 1 saturated heterocycles. The van der Waals surface area contributed by atoms with Gasteiger partial charge in [0.25, 0.3) is 11.6 Å². The highest BCUT2D eigenvalue weighted by Gasteiger charge is 2.25. The third-order valence-corrected chi connectivity index (χ3v) is 4.07. The van der Waals surface area contributed by atoms with Gasteiger partial charge >= 0.3 is 0 Å². The Bertz CT molecular complexity index is 740. The summed E-state index contributed by atoms with van der Waals surface area (Å²) in [7, 11) is 0. The molecule has 1 N–H and O–H groups in total. The average Bonchev–Trinajstić information content (AvgIpc) is 3.11. The molecule has 0 spiro atoms. The molecule has 126 valence electrons. The Kier molecular flexibility index (Phi) is 4.45. The zero-order chi connectivity index (χ0) is 17.1. The Labute approximate surface area is 137 Å². The van der Waals surface area contributed by atoms with E-state index in [4.69, 9.17) is 4.42 Å². The van der Waals surface area contributed by atoms with Crippen LogP contribution >= 0.6 is 0 Å². The zero-order valence-electron chi connectivity index (χ0n) is 12.8. The third-order valence-electron chi connectivity index (χ3n) is 4.07. The summed E-state index contributed by atoms with van der Waals surface area (Å²) in [6.07, 6.45) is 4.17. The predicted molar refractivity (Wildman–Crippen MR) is 84.3 cm³/mol. The fraction of sp³-hybridized carbons (Fsp3) is 0.312. The molecule has 0 saturated carbocycles. The largest absolute Gasteiger partial charge is 0.472 e. The van der Waals surface area contributed by atoms with E-state index in [0.29, 0.717) is 37.2 Å². The van der Waals surface area contributed by atoms with Gasteiger partial charge in [-0.25, -0.2) is 4.39 Å². The molecule has 3 rings (SSSR count). The van der Waals surface area contributed by atoms with E-state index >= 15 is 0 Å². The lowest BCUT2D eigenvalue weighted by molar-refractivity contribution is -0.384. The van der Waals surface area contributed by atoms with Crippen LogP contribution in [0.1, 0.15) is 23.2 Å². The van der Waals surface area contributed by atoms with Crippen molar-refractivity contribution in [3.05, 3.63) is 58.3 Å². The van der Waals surface area contributed by atoms with Crippen molar-refractivity contribution >= 4 is 17.3 Å². The van der Waals surface area contributed by atoms with Crippen LogP contribution in [0.2, 0.25) is 0 Å². The monoisotopic (exact) mass is 333 g/mol. The van der Waals surface area contributed by atoms with Gasteiger partial charge in [-0.3, -0.25) is 14.9 Å². The molecule has 0 unspecified atom stereocenters. The molecular weight excluding hydrogens is 317 g/mol. The minimum absolute atomic E-state index is 0.0115. The molecule has 2 aromatic rings. The third kappa shape index (κ3) is 3.37. The highest BCUT2D eigenvalue weighted by Crippen LogP contribution is 2.27. The molecule has 1 amide bonds. The van der Waals surface area contributed by atoms with Gasteiger partial charge < -0.3 is 14.6 Å². The van der Waals surface area contributed by atoms with Crippen molar-refractivity contribution in [2.75, 3.05) is 18.4 Å². The Morgan fingerprint density at radius 3 is 2.71 bits per heavy atom. The van der Waals surface area contributed by atoms with Crippen LogP contribution in [0.25, 0.3) is 0 Å². The van der Waals surface area contributed by atoms with Gasteiger partial charge in [0.2, 0.25) is 0 Å². The zero-order valence-corrected chi connectivity index (χ0v) is 12.8. The van der Waals surface area contributed by atoms with Gasteiger partial charge in [-0.05, 0) is 31.0 Å². The maximum atomic E-state index is 13.2. The van der Waals surface area contributed by atoms with Gasteiger partial charge in [-0.15, -0.1) is 0 Å². The molecule has 1 aliphatic heterocycles. The van der Waals surface area contributed by atoms with Crippen LogP contribution in [0, 0.1) is 15.9 Å². The minimum atomic E-state index is -0.646. The summed E-state index contributed by atoms with van der Waals surface area (Å²) in [4.78, 5) is 24.4. The van der Waals surface area contributed by atoms with Crippen LogP contribution in [0.4, 0.5) is 15.8 Å². The number of carbonyl (C=O) groups excluding carboxylic acids is 1. The first-order valence-corrected chi connectivity index (χ1v) is 7.56. The van der Waals surface area contributed by atoms with Gasteiger partial charge in [0.05, 0.1) is 22.8 Å². The summed E-state index contributed by atoms with van der Waals surface area (Å²) in [6.45, 7) is 1.08. The van der Waals surface area contributed by atoms with Gasteiger partial charge in [0.1, 0.15) is 17.8 Å². The number of anilines is 1. The van der Waals surface area contributed by atoms with Crippen LogP contribution in [0.3, 0.4) is 0 Å². The molecule has 1 aliphatic rings. The summed E-state index contributed by atoms with van der Waals surface area (Å²) >= 11 is 0. The van der Waals surface area contributed by atoms with Crippen LogP contribution in [-0.2, 0) is 0 Å². The lowest BCUT2D eigenvalue weighted by Crippen LogP contribution is -2.42. The van der Waals surface area contributed by atoms with Gasteiger partial charge in [-0.2, -0.15) is 0 Å². The van der Waals surface area contributed by atoms with E-state index < -0.39 is 10.7 Å². The van der Waals surface area contributed by atoms with Crippen molar-refractivity contribution in [1.29, 1.82) is 0 Å². The predicted octanol–water partition coefficient (Wildman–Crippen LogP) is 3.04. The molecule has 24 heavy (non-hydrogen) atoms. The molecule has 0 aliphatic carbocycles. The van der Waals surface area contributed by atoms with Crippen molar-refractivity contribution in [2.45, 2.75) is 18.9 Å². The number of furan rings is 1. The fourth-order valence-electron chi connectivity index (χ4n) is 2.79. The van der Waals surface area contributed by atoms with Crippen LogP contribution in [-0.4, -0.2) is 34.9 Å². The van der Waals surface area contributed by atoms with Gasteiger partial charge in [-0.1, -0.05) is 0 Å². The van der Waals surface area contributed by atoms with E-state index in [2.05, 4.69) is 5.32 Å². The first-order valence-electron chi connectivity index (χ1n) is 7.56. The number of benzene rings is 1. The smallest absolute Gasteiger partial charge is 0.295 e. The van der Waals surface area contributed by atoms with E-state index in [1.165, 1.54) is 24.7 Å². The number of likely N-dealkylation sites (tertiary alicyclic amines) is 1. The second-order valence-corrected chi connectivity index (χ2v) is 5.64. The van der Waals surface area contributed by atoms with E-state index in [1.807, 2.05) is 0 Å². The number of nitro benzene ring substituents is 1. The van der Waals surface area contributed by atoms with Gasteiger partial charge in [0.15, 0.2) is 0 Å². The Morgan fingerprint density at radius 1 is 1.33 bits per heavy atom. The number of halogens is 1. The topological polar surface area (TPSA) is 88.6 Å². The standard InChI is InChI=1S/C16H16FN3O4/c17-12-1-2-14(15(9-12)20(22)23)18-13-3-6-19(7-4-13)16(21)11-5-8-24-10-11/h1-2,5,8-10,13,18H,3-4,6-7H2. The van der Waals surface area contributed by atoms with E-state index in [1.54, 1.807) is 11.0 Å². The first-order chi connectivity index (χ1) is 11.5. The van der Waals surface area contributed by atoms with Crippen LogP contribution in [0.5, 0.6) is 0 Å². The Morgan fingerprint density at radius 2 is 2.08 bits per heavy atom. The van der Waals surface area contributed by atoms with Crippen molar-refractivity contribution in [3.8, 4) is 0 Å². The maximum absolute atomic E-state index is 13.2. The van der Waals surface area contributed by atoms with E-state index in [9.17, 15) is 19.3 Å². The summed E-state index contributed by atoms with van der Waals surface area (Å²) in [5, 5.41) is 14.1. The number of hydrogen-bond donors (Lipinski definition) is 1. The lowest BCUT2D eigenvalue weighted by Gasteiger charge is -2.32. The number of nitrogens with one attached hydrogen (secondary N) is 1. The summed E-state index contributed by atoms with van der Waals surface area (Å²) in [6, 6.07) is 5.07. The van der Waals surface area contributed by atoms with E-state index in [0.717, 1.165) is 6.07 Å². The minimum Gasteiger partial charge on any atom is -0.472 e. The summed E-state index contributed by atoms with van der Waals surface area (Å²) in [5.74, 6) is -0.734. The lowest BCUT2D eigenvalue weighted by atomic mass is 10.0. The molecule has 1 aromatic carbocycles. The number of nitro groups is 1. The summed E-state index contributed by atoms with van der Waals surface area (Å²) in [5.41, 5.74) is 0.517. The Balaban J connectivity index is 1.62. The van der Waals surface area contributed by atoms with Crippen molar-refractivity contribution in [2.24, 2.45) is 0 Å². The number of carbonyl (C=O) groups is 1. The van der Waals surface area contributed by atoms with Crippen molar-refractivity contribution in [3.63, 3.8) is 0 Å². The number of piperidine rings is 1. The molecule has 1 aromatic heterocycles. The van der Waals surface area contributed by atoms with Crippen molar-refractivity contribution in [1.82, 2.24) is 4.90 Å². The molecular formula is C16H16FN3O4. The average molecular weight is 333 g/mol. The molecule has 0 atom stereocenters. The highest BCUT2D eigenvalue weighted by atomic mass is 19.1. The van der Waals surface area contributed by atoms with Crippen LogP contribution in [0.15, 0.2) is 41.2 Å². The number of amides is 1. The molecule has 1 fully saturated rings. The summed E-state index contributed by atoms with van der Waals surface area (Å²) < 4.78 is 18.1. The molecule has 0 bridgehead atoms. The van der Waals surface area contributed by atoms with E-state index in [-0.39, 0.29) is 17.6 Å². The maximum Gasteiger partial charge on any atom is 0.295 e. The second-order valence-electron chi connectivity index (χ2n) is 5.64. The highest BCUT2D eigenvalue weighted by molar-refractivity contribution is 5.93. The number of hydrogen-bond acceptors (Lipinski definition) is 5. The Hall–Kier alpha value is -2.90. The van der Waals surface area contributed by atoms with Gasteiger partial charge in [0, 0.05) is 19.1 Å². The normalized spacial score (nSPS) is 15.3. The number of rotatable bonds is 4. The molecule has 0 radical (unpaired) electrons. The molecule has 2 heterocycles. The fourth-order valence-corrected chi connectivity index (χ4v) is 2.79. The first kappa shape index (κ1) is 16.0. The molecule has 7 nitrogen and oxygen atoms in total.